The minimum atomic E-state index is -0.570. The second-order valence-corrected chi connectivity index (χ2v) is 7.74. The average molecular weight is 387 g/mol. The SMILES string of the molecule is CC(C)(C)OC(=O)N1CCC[C@H](C(=O)OCc2nnc(-c3ccccc3)o2)C1. The highest BCUT2D eigenvalue weighted by atomic mass is 16.6. The number of amides is 1. The molecule has 1 aliphatic rings. The molecule has 1 aromatic heterocycles. The van der Waals surface area contributed by atoms with Crippen LogP contribution in [0.25, 0.3) is 11.5 Å². The van der Waals surface area contributed by atoms with Crippen LogP contribution in [0.5, 0.6) is 0 Å². The molecule has 1 aromatic carbocycles. The van der Waals surface area contributed by atoms with Gasteiger partial charge in [0.25, 0.3) is 5.89 Å². The van der Waals surface area contributed by atoms with E-state index in [-0.39, 0.29) is 25.0 Å². The number of piperidine rings is 1. The molecule has 2 heterocycles. The summed E-state index contributed by atoms with van der Waals surface area (Å²) in [5, 5.41) is 7.88. The average Bonchev–Trinajstić information content (AvgIpc) is 3.15. The van der Waals surface area contributed by atoms with Crippen LogP contribution in [-0.4, -0.2) is 45.9 Å². The Bertz CT molecular complexity index is 813. The van der Waals surface area contributed by atoms with Gasteiger partial charge in [-0.3, -0.25) is 4.79 Å². The number of hydrogen-bond acceptors (Lipinski definition) is 7. The van der Waals surface area contributed by atoms with Crippen molar-refractivity contribution in [3.05, 3.63) is 36.2 Å². The molecule has 0 bridgehead atoms. The first-order valence-electron chi connectivity index (χ1n) is 9.34. The van der Waals surface area contributed by atoms with E-state index in [2.05, 4.69) is 10.2 Å². The number of hydrogen-bond donors (Lipinski definition) is 0. The fourth-order valence-corrected chi connectivity index (χ4v) is 2.92. The van der Waals surface area contributed by atoms with E-state index in [1.54, 1.807) is 4.90 Å². The van der Waals surface area contributed by atoms with Crippen LogP contribution in [0.4, 0.5) is 4.79 Å². The van der Waals surface area contributed by atoms with E-state index < -0.39 is 17.6 Å². The third-order valence-electron chi connectivity index (χ3n) is 4.23. The maximum Gasteiger partial charge on any atom is 0.410 e. The Morgan fingerprint density at radius 2 is 1.96 bits per heavy atom. The summed E-state index contributed by atoms with van der Waals surface area (Å²) in [5.41, 5.74) is 0.228. The zero-order chi connectivity index (χ0) is 20.1. The molecule has 0 aliphatic carbocycles. The lowest BCUT2D eigenvalue weighted by molar-refractivity contribution is -0.152. The van der Waals surface area contributed by atoms with E-state index in [1.807, 2.05) is 51.1 Å². The Morgan fingerprint density at radius 1 is 1.21 bits per heavy atom. The maximum atomic E-state index is 12.4. The number of carbonyl (C=O) groups excluding carboxylic acids is 2. The topological polar surface area (TPSA) is 94.8 Å². The van der Waals surface area contributed by atoms with Gasteiger partial charge >= 0.3 is 12.1 Å². The third kappa shape index (κ3) is 5.31. The van der Waals surface area contributed by atoms with E-state index in [0.717, 1.165) is 12.0 Å². The Morgan fingerprint density at radius 3 is 2.68 bits per heavy atom. The summed E-state index contributed by atoms with van der Waals surface area (Å²) >= 11 is 0. The van der Waals surface area contributed by atoms with E-state index in [0.29, 0.717) is 18.9 Å². The molecule has 0 spiro atoms. The monoisotopic (exact) mass is 387 g/mol. The van der Waals surface area contributed by atoms with Crippen LogP contribution in [0.3, 0.4) is 0 Å². The lowest BCUT2D eigenvalue weighted by Crippen LogP contribution is -2.45. The summed E-state index contributed by atoms with van der Waals surface area (Å²) in [6.07, 6.45) is 0.976. The number of nitrogens with zero attached hydrogens (tertiary/aromatic N) is 3. The molecule has 1 saturated heterocycles. The van der Waals surface area contributed by atoms with E-state index >= 15 is 0 Å². The minimum Gasteiger partial charge on any atom is -0.455 e. The molecule has 0 unspecified atom stereocenters. The van der Waals surface area contributed by atoms with Crippen molar-refractivity contribution in [3.63, 3.8) is 0 Å². The highest BCUT2D eigenvalue weighted by Crippen LogP contribution is 2.22. The highest BCUT2D eigenvalue weighted by molar-refractivity contribution is 5.75. The molecular weight excluding hydrogens is 362 g/mol. The molecule has 1 fully saturated rings. The van der Waals surface area contributed by atoms with Gasteiger partial charge in [-0.05, 0) is 45.7 Å². The summed E-state index contributed by atoms with van der Waals surface area (Å²) in [5.74, 6) is -0.169. The Kier molecular flexibility index (Phi) is 5.96. The van der Waals surface area contributed by atoms with Crippen molar-refractivity contribution in [2.24, 2.45) is 5.92 Å². The van der Waals surface area contributed by atoms with Crippen LogP contribution in [-0.2, 0) is 20.9 Å². The van der Waals surface area contributed by atoms with Crippen molar-refractivity contribution in [2.45, 2.75) is 45.8 Å². The predicted molar refractivity (Wildman–Crippen MR) is 100 cm³/mol. The van der Waals surface area contributed by atoms with E-state index in [1.165, 1.54) is 0 Å². The lowest BCUT2D eigenvalue weighted by Gasteiger charge is -2.33. The third-order valence-corrected chi connectivity index (χ3v) is 4.23. The van der Waals surface area contributed by atoms with Crippen LogP contribution in [0.15, 0.2) is 34.7 Å². The van der Waals surface area contributed by atoms with Crippen LogP contribution in [0.2, 0.25) is 0 Å². The normalized spacial score (nSPS) is 17.2. The smallest absolute Gasteiger partial charge is 0.410 e. The molecule has 1 amide bonds. The zero-order valence-electron chi connectivity index (χ0n) is 16.4. The standard InChI is InChI=1S/C20H25N3O5/c1-20(2,3)28-19(25)23-11-7-10-15(12-23)18(24)26-13-16-21-22-17(27-16)14-8-5-4-6-9-14/h4-6,8-9,15H,7,10-13H2,1-3H3/t15-/m0/s1. The molecule has 3 rings (SSSR count). The van der Waals surface area contributed by atoms with Crippen molar-refractivity contribution in [2.75, 3.05) is 13.1 Å². The summed E-state index contributed by atoms with van der Waals surface area (Å²) in [7, 11) is 0. The highest BCUT2D eigenvalue weighted by Gasteiger charge is 2.32. The van der Waals surface area contributed by atoms with Gasteiger partial charge in [0.15, 0.2) is 6.61 Å². The molecule has 0 saturated carbocycles. The summed E-state index contributed by atoms with van der Waals surface area (Å²) < 4.78 is 16.3. The largest absolute Gasteiger partial charge is 0.455 e. The van der Waals surface area contributed by atoms with Gasteiger partial charge in [0, 0.05) is 18.7 Å². The fraction of sp³-hybridized carbons (Fsp3) is 0.500. The first-order chi connectivity index (χ1) is 13.3. The summed E-state index contributed by atoms with van der Waals surface area (Å²) in [6, 6.07) is 9.36. The van der Waals surface area contributed by atoms with Crippen LogP contribution in [0, 0.1) is 5.92 Å². The van der Waals surface area contributed by atoms with Crippen LogP contribution >= 0.6 is 0 Å². The second-order valence-electron chi connectivity index (χ2n) is 7.74. The van der Waals surface area contributed by atoms with Gasteiger partial charge in [-0.15, -0.1) is 10.2 Å². The second kappa shape index (κ2) is 8.41. The Labute approximate surface area is 163 Å². The number of likely N-dealkylation sites (tertiary alicyclic amines) is 1. The number of rotatable bonds is 4. The molecule has 0 radical (unpaired) electrons. The first kappa shape index (κ1) is 19.9. The number of aromatic nitrogens is 2. The first-order valence-corrected chi connectivity index (χ1v) is 9.34. The summed E-state index contributed by atoms with van der Waals surface area (Å²) in [4.78, 5) is 26.2. The van der Waals surface area contributed by atoms with Gasteiger partial charge in [0.1, 0.15) is 5.60 Å². The molecule has 8 nitrogen and oxygen atoms in total. The van der Waals surface area contributed by atoms with Gasteiger partial charge in [-0.25, -0.2) is 4.79 Å². The van der Waals surface area contributed by atoms with Gasteiger partial charge in [0.05, 0.1) is 5.92 Å². The molecule has 1 atom stereocenters. The van der Waals surface area contributed by atoms with Gasteiger partial charge in [-0.2, -0.15) is 0 Å². The number of carbonyl (C=O) groups is 2. The molecule has 0 N–H and O–H groups in total. The quantitative estimate of drug-likeness (QED) is 0.742. The van der Waals surface area contributed by atoms with Crippen LogP contribution < -0.4 is 0 Å². The molecule has 150 valence electrons. The zero-order valence-corrected chi connectivity index (χ0v) is 16.4. The predicted octanol–water partition coefficient (Wildman–Crippen LogP) is 3.43. The number of esters is 1. The molecule has 1 aliphatic heterocycles. The summed E-state index contributed by atoms with van der Waals surface area (Å²) in [6.45, 7) is 6.20. The molecule has 2 aromatic rings. The molecular formula is C20H25N3O5. The van der Waals surface area contributed by atoms with Crippen molar-refractivity contribution in [3.8, 4) is 11.5 Å². The van der Waals surface area contributed by atoms with Crippen molar-refractivity contribution in [1.82, 2.24) is 15.1 Å². The van der Waals surface area contributed by atoms with Gasteiger partial charge in [-0.1, -0.05) is 18.2 Å². The van der Waals surface area contributed by atoms with Crippen molar-refractivity contribution < 1.29 is 23.5 Å². The number of benzene rings is 1. The van der Waals surface area contributed by atoms with Gasteiger partial charge in [0.2, 0.25) is 5.89 Å². The van der Waals surface area contributed by atoms with Gasteiger partial charge < -0.3 is 18.8 Å². The molecule has 8 heteroatoms. The van der Waals surface area contributed by atoms with Crippen LogP contribution in [0.1, 0.15) is 39.5 Å². The Balaban J connectivity index is 1.52. The minimum absolute atomic E-state index is 0.0956. The van der Waals surface area contributed by atoms with E-state index in [4.69, 9.17) is 13.9 Å². The lowest BCUT2D eigenvalue weighted by atomic mass is 9.98. The Hall–Kier alpha value is -2.90. The molecule has 28 heavy (non-hydrogen) atoms. The van der Waals surface area contributed by atoms with E-state index in [9.17, 15) is 9.59 Å². The van der Waals surface area contributed by atoms with Crippen molar-refractivity contribution >= 4 is 12.1 Å². The maximum absolute atomic E-state index is 12.4. The number of ether oxygens (including phenoxy) is 2. The van der Waals surface area contributed by atoms with Crippen molar-refractivity contribution in [1.29, 1.82) is 0 Å². The fourth-order valence-electron chi connectivity index (χ4n) is 2.92.